The Hall–Kier alpha value is -1.88. The van der Waals surface area contributed by atoms with E-state index in [2.05, 4.69) is 46.3 Å². The summed E-state index contributed by atoms with van der Waals surface area (Å²) < 4.78 is 0. The van der Waals surface area contributed by atoms with Crippen LogP contribution in [-0.2, 0) is 0 Å². The van der Waals surface area contributed by atoms with Crippen molar-refractivity contribution in [3.8, 4) is 0 Å². The van der Waals surface area contributed by atoms with Gasteiger partial charge in [-0.2, -0.15) is 0 Å². The Morgan fingerprint density at radius 3 is 2.38 bits per heavy atom. The van der Waals surface area contributed by atoms with Crippen molar-refractivity contribution in [2.24, 2.45) is 0 Å². The van der Waals surface area contributed by atoms with Crippen molar-refractivity contribution in [2.45, 2.75) is 45.4 Å². The molecule has 0 amide bonds. The fourth-order valence-corrected chi connectivity index (χ4v) is 4.34. The van der Waals surface area contributed by atoms with Gasteiger partial charge < -0.3 is 15.1 Å². The summed E-state index contributed by atoms with van der Waals surface area (Å²) >= 11 is 5.66. The molecule has 4 nitrogen and oxygen atoms in total. The molecular weight excluding hydrogens is 340 g/mol. The largest absolute Gasteiger partial charge is 0.357 e. The average Bonchev–Trinajstić information content (AvgIpc) is 3.04. The Morgan fingerprint density at radius 1 is 0.962 bits per heavy atom. The lowest BCUT2D eigenvalue weighted by atomic mass is 10.1. The van der Waals surface area contributed by atoms with Gasteiger partial charge in [0.05, 0.1) is 5.52 Å². The molecule has 2 aliphatic rings. The van der Waals surface area contributed by atoms with Crippen LogP contribution in [0.15, 0.2) is 24.3 Å². The molecule has 0 atom stereocenters. The van der Waals surface area contributed by atoms with Crippen molar-refractivity contribution in [2.75, 3.05) is 36.4 Å². The molecule has 138 valence electrons. The van der Waals surface area contributed by atoms with Crippen LogP contribution in [0.4, 0.5) is 11.5 Å². The van der Waals surface area contributed by atoms with E-state index in [1.807, 2.05) is 0 Å². The van der Waals surface area contributed by atoms with Crippen LogP contribution in [0, 0.1) is 6.92 Å². The maximum absolute atomic E-state index is 5.66. The molecule has 2 aromatic rings. The van der Waals surface area contributed by atoms with Gasteiger partial charge >= 0.3 is 0 Å². The molecule has 0 aliphatic carbocycles. The van der Waals surface area contributed by atoms with Gasteiger partial charge in [0.1, 0.15) is 5.82 Å². The minimum Gasteiger partial charge on any atom is -0.357 e. The van der Waals surface area contributed by atoms with Crippen LogP contribution in [-0.4, -0.2) is 41.2 Å². The Bertz CT molecular complexity index is 790. The summed E-state index contributed by atoms with van der Waals surface area (Å²) in [7, 11) is 0. The van der Waals surface area contributed by atoms with Crippen LogP contribution in [0.3, 0.4) is 0 Å². The molecule has 2 fully saturated rings. The van der Waals surface area contributed by atoms with Crippen LogP contribution in [0.1, 0.15) is 44.1 Å². The lowest BCUT2D eigenvalue weighted by molar-refractivity contribution is 0.441. The van der Waals surface area contributed by atoms with Gasteiger partial charge in [-0.1, -0.05) is 12.8 Å². The maximum Gasteiger partial charge on any atom is 0.173 e. The summed E-state index contributed by atoms with van der Waals surface area (Å²) in [4.78, 5) is 9.60. The molecule has 1 aromatic carbocycles. The van der Waals surface area contributed by atoms with Gasteiger partial charge in [0.25, 0.3) is 0 Å². The first-order chi connectivity index (χ1) is 12.7. The number of aryl methyl sites for hydroxylation is 1. The van der Waals surface area contributed by atoms with Crippen LogP contribution in [0.25, 0.3) is 10.9 Å². The number of rotatable bonds is 2. The molecule has 1 N–H and O–H groups in total. The van der Waals surface area contributed by atoms with Gasteiger partial charge in [-0.3, -0.25) is 0 Å². The highest BCUT2D eigenvalue weighted by Crippen LogP contribution is 2.27. The highest BCUT2D eigenvalue weighted by molar-refractivity contribution is 7.80. The van der Waals surface area contributed by atoms with Crippen LogP contribution >= 0.6 is 12.2 Å². The first-order valence-electron chi connectivity index (χ1n) is 9.93. The number of aromatic nitrogens is 1. The minimum absolute atomic E-state index is 0.852. The molecule has 0 bridgehead atoms. The Morgan fingerprint density at radius 2 is 1.65 bits per heavy atom. The zero-order chi connectivity index (χ0) is 17.9. The van der Waals surface area contributed by atoms with E-state index >= 15 is 0 Å². The number of nitrogens with zero attached hydrogens (tertiary/aromatic N) is 3. The van der Waals surface area contributed by atoms with Gasteiger partial charge in [-0.15, -0.1) is 0 Å². The number of anilines is 2. The van der Waals surface area contributed by atoms with Crippen molar-refractivity contribution in [1.82, 2.24) is 9.88 Å². The Kier molecular flexibility index (Phi) is 5.25. The summed E-state index contributed by atoms with van der Waals surface area (Å²) in [5.41, 5.74) is 3.41. The quantitative estimate of drug-likeness (QED) is 0.776. The predicted molar refractivity (Wildman–Crippen MR) is 114 cm³/mol. The fourth-order valence-electron chi connectivity index (χ4n) is 4.04. The van der Waals surface area contributed by atoms with E-state index in [1.165, 1.54) is 49.5 Å². The smallest absolute Gasteiger partial charge is 0.173 e. The number of hydrogen-bond acceptors (Lipinski definition) is 3. The fraction of sp³-hybridized carbons (Fsp3) is 0.524. The second-order valence-corrected chi connectivity index (χ2v) is 7.94. The van der Waals surface area contributed by atoms with E-state index in [0.29, 0.717) is 0 Å². The zero-order valence-electron chi connectivity index (χ0n) is 15.6. The van der Waals surface area contributed by atoms with E-state index in [0.717, 1.165) is 48.3 Å². The summed E-state index contributed by atoms with van der Waals surface area (Å²) in [6.07, 6.45) is 7.66. The van der Waals surface area contributed by atoms with Crippen molar-refractivity contribution in [3.63, 3.8) is 0 Å². The van der Waals surface area contributed by atoms with Crippen LogP contribution < -0.4 is 10.2 Å². The molecule has 26 heavy (non-hydrogen) atoms. The first-order valence-corrected chi connectivity index (χ1v) is 10.3. The Balaban J connectivity index is 1.54. The molecule has 1 aromatic heterocycles. The molecular formula is C21H28N4S. The maximum atomic E-state index is 5.66. The monoisotopic (exact) mass is 368 g/mol. The number of likely N-dealkylation sites (tertiary alicyclic amines) is 1. The van der Waals surface area contributed by atoms with Crippen molar-refractivity contribution in [3.05, 3.63) is 29.8 Å². The number of hydrogen-bond donors (Lipinski definition) is 1. The molecule has 3 heterocycles. The molecule has 0 radical (unpaired) electrons. The zero-order valence-corrected chi connectivity index (χ0v) is 16.4. The number of pyridine rings is 1. The third-order valence-electron chi connectivity index (χ3n) is 5.58. The normalized spacial score (nSPS) is 18.2. The summed E-state index contributed by atoms with van der Waals surface area (Å²) in [5.74, 6) is 1.12. The second-order valence-electron chi connectivity index (χ2n) is 7.55. The predicted octanol–water partition coefficient (Wildman–Crippen LogP) is 4.72. The first kappa shape index (κ1) is 17.5. The lowest BCUT2D eigenvalue weighted by Gasteiger charge is -2.24. The van der Waals surface area contributed by atoms with Gasteiger partial charge in [0, 0.05) is 37.3 Å². The summed E-state index contributed by atoms with van der Waals surface area (Å²) in [6.45, 7) is 6.57. The van der Waals surface area contributed by atoms with E-state index in [1.54, 1.807) is 0 Å². The van der Waals surface area contributed by atoms with Gasteiger partial charge in [0.15, 0.2) is 5.11 Å². The molecule has 0 saturated carbocycles. The molecule has 0 spiro atoms. The van der Waals surface area contributed by atoms with Crippen LogP contribution in [0.2, 0.25) is 0 Å². The summed E-state index contributed by atoms with van der Waals surface area (Å²) in [5, 5.41) is 5.51. The SMILES string of the molecule is Cc1cc(N2CCCC2)nc2ccc(NC(=S)N3CCCCCC3)cc12. The number of fused-ring (bicyclic) bond motifs is 1. The highest BCUT2D eigenvalue weighted by Gasteiger charge is 2.16. The third kappa shape index (κ3) is 3.78. The number of nitrogens with one attached hydrogen (secondary N) is 1. The van der Waals surface area contributed by atoms with Crippen LogP contribution in [0.5, 0.6) is 0 Å². The van der Waals surface area contributed by atoms with Gasteiger partial charge in [0.2, 0.25) is 0 Å². The average molecular weight is 369 g/mol. The molecule has 2 aliphatic heterocycles. The standard InChI is InChI=1S/C21H28N4S/c1-16-14-20(24-10-6-7-11-24)23-19-9-8-17(15-18(16)19)22-21(26)25-12-4-2-3-5-13-25/h8-9,14-15H,2-7,10-13H2,1H3,(H,22,26). The molecule has 5 heteroatoms. The Labute approximate surface area is 161 Å². The van der Waals surface area contributed by atoms with Gasteiger partial charge in [-0.25, -0.2) is 4.98 Å². The summed E-state index contributed by atoms with van der Waals surface area (Å²) in [6, 6.07) is 8.64. The lowest BCUT2D eigenvalue weighted by Crippen LogP contribution is -2.35. The molecule has 0 unspecified atom stereocenters. The van der Waals surface area contributed by atoms with Crippen molar-refractivity contribution < 1.29 is 0 Å². The van der Waals surface area contributed by atoms with E-state index in [9.17, 15) is 0 Å². The van der Waals surface area contributed by atoms with Crippen molar-refractivity contribution >= 4 is 39.7 Å². The van der Waals surface area contributed by atoms with E-state index < -0.39 is 0 Å². The number of thiocarbonyl (C=S) groups is 1. The van der Waals surface area contributed by atoms with Crippen molar-refractivity contribution in [1.29, 1.82) is 0 Å². The van der Waals surface area contributed by atoms with E-state index in [4.69, 9.17) is 17.2 Å². The third-order valence-corrected chi connectivity index (χ3v) is 5.94. The highest BCUT2D eigenvalue weighted by atomic mass is 32.1. The number of benzene rings is 1. The molecule has 4 rings (SSSR count). The second kappa shape index (κ2) is 7.78. The molecule has 2 saturated heterocycles. The topological polar surface area (TPSA) is 31.4 Å². The van der Waals surface area contributed by atoms with E-state index in [-0.39, 0.29) is 0 Å². The minimum atomic E-state index is 0.852. The van der Waals surface area contributed by atoms with Gasteiger partial charge in [-0.05, 0) is 74.7 Å².